The maximum absolute atomic E-state index is 11.9. The SMILES string of the molecule is Nc1ncc2c(n1)C[C@@H](c1ccco1)CC2=O. The molecule has 1 aliphatic rings. The number of carbonyl (C=O) groups excluding carboxylic acids is 1. The third kappa shape index (κ3) is 1.69. The van der Waals surface area contributed by atoms with Gasteiger partial charge in [0.1, 0.15) is 5.76 Å². The lowest BCUT2D eigenvalue weighted by molar-refractivity contribution is 0.0958. The number of nitrogen functional groups attached to an aromatic ring is 1. The van der Waals surface area contributed by atoms with Gasteiger partial charge in [-0.25, -0.2) is 9.97 Å². The van der Waals surface area contributed by atoms with E-state index in [9.17, 15) is 4.79 Å². The minimum Gasteiger partial charge on any atom is -0.469 e. The summed E-state index contributed by atoms with van der Waals surface area (Å²) in [5, 5.41) is 0. The summed E-state index contributed by atoms with van der Waals surface area (Å²) < 4.78 is 5.34. The first kappa shape index (κ1) is 10.0. The molecule has 5 heteroatoms. The van der Waals surface area contributed by atoms with E-state index in [0.717, 1.165) is 11.5 Å². The number of hydrogen-bond donors (Lipinski definition) is 1. The van der Waals surface area contributed by atoms with Crippen molar-refractivity contribution in [2.24, 2.45) is 0 Å². The monoisotopic (exact) mass is 229 g/mol. The quantitative estimate of drug-likeness (QED) is 0.802. The molecule has 2 N–H and O–H groups in total. The maximum atomic E-state index is 11.9. The van der Waals surface area contributed by atoms with Crippen LogP contribution in [0, 0.1) is 0 Å². The molecule has 0 aromatic carbocycles. The molecule has 0 spiro atoms. The van der Waals surface area contributed by atoms with Crippen LogP contribution < -0.4 is 5.73 Å². The molecule has 1 aliphatic carbocycles. The molecular formula is C12H11N3O2. The van der Waals surface area contributed by atoms with Crippen LogP contribution in [-0.4, -0.2) is 15.8 Å². The Kier molecular flexibility index (Phi) is 2.18. The van der Waals surface area contributed by atoms with Gasteiger partial charge in [0.25, 0.3) is 0 Å². The van der Waals surface area contributed by atoms with Crippen LogP contribution in [0.15, 0.2) is 29.0 Å². The smallest absolute Gasteiger partial charge is 0.220 e. The molecule has 0 amide bonds. The highest BCUT2D eigenvalue weighted by Crippen LogP contribution is 2.31. The number of nitrogens with two attached hydrogens (primary N) is 1. The number of fused-ring (bicyclic) bond motifs is 1. The second-order valence-electron chi connectivity index (χ2n) is 4.13. The summed E-state index contributed by atoms with van der Waals surface area (Å²) >= 11 is 0. The summed E-state index contributed by atoms with van der Waals surface area (Å²) in [4.78, 5) is 19.9. The predicted molar refractivity (Wildman–Crippen MR) is 60.5 cm³/mol. The lowest BCUT2D eigenvalue weighted by Gasteiger charge is -2.20. The van der Waals surface area contributed by atoms with Gasteiger partial charge in [-0.1, -0.05) is 0 Å². The van der Waals surface area contributed by atoms with Gasteiger partial charge >= 0.3 is 0 Å². The molecule has 0 fully saturated rings. The number of rotatable bonds is 1. The van der Waals surface area contributed by atoms with Crippen LogP contribution in [-0.2, 0) is 6.42 Å². The van der Waals surface area contributed by atoms with Crippen LogP contribution in [0.4, 0.5) is 5.95 Å². The highest BCUT2D eigenvalue weighted by atomic mass is 16.3. The predicted octanol–water partition coefficient (Wildman–Crippen LogP) is 1.56. The average molecular weight is 229 g/mol. The van der Waals surface area contributed by atoms with Gasteiger partial charge in [0.05, 0.1) is 17.5 Å². The summed E-state index contributed by atoms with van der Waals surface area (Å²) in [6, 6.07) is 3.71. The fourth-order valence-corrected chi connectivity index (χ4v) is 2.19. The Bertz CT molecular complexity index is 563. The highest BCUT2D eigenvalue weighted by molar-refractivity contribution is 5.98. The van der Waals surface area contributed by atoms with E-state index >= 15 is 0 Å². The van der Waals surface area contributed by atoms with E-state index in [2.05, 4.69) is 9.97 Å². The van der Waals surface area contributed by atoms with Crippen molar-refractivity contribution < 1.29 is 9.21 Å². The van der Waals surface area contributed by atoms with Gasteiger partial charge < -0.3 is 10.2 Å². The van der Waals surface area contributed by atoms with Crippen molar-refractivity contribution in [1.82, 2.24) is 9.97 Å². The molecule has 17 heavy (non-hydrogen) atoms. The summed E-state index contributed by atoms with van der Waals surface area (Å²) in [6.07, 6.45) is 4.23. The maximum Gasteiger partial charge on any atom is 0.220 e. The molecule has 0 unspecified atom stereocenters. The van der Waals surface area contributed by atoms with Crippen LogP contribution in [0.1, 0.15) is 34.2 Å². The Labute approximate surface area is 97.7 Å². The zero-order valence-corrected chi connectivity index (χ0v) is 9.09. The van der Waals surface area contributed by atoms with E-state index < -0.39 is 0 Å². The molecule has 0 bridgehead atoms. The Morgan fingerprint density at radius 2 is 2.29 bits per heavy atom. The van der Waals surface area contributed by atoms with E-state index in [1.54, 1.807) is 6.26 Å². The second-order valence-corrected chi connectivity index (χ2v) is 4.13. The molecule has 0 aliphatic heterocycles. The Balaban J connectivity index is 2.00. The zero-order valence-electron chi connectivity index (χ0n) is 9.09. The lowest BCUT2D eigenvalue weighted by atomic mass is 9.85. The topological polar surface area (TPSA) is 82.0 Å². The number of aromatic nitrogens is 2. The molecule has 0 radical (unpaired) electrons. The molecule has 0 saturated heterocycles. The number of ketones is 1. The molecule has 5 nitrogen and oxygen atoms in total. The van der Waals surface area contributed by atoms with E-state index in [-0.39, 0.29) is 17.6 Å². The van der Waals surface area contributed by atoms with E-state index in [0.29, 0.717) is 18.4 Å². The fraction of sp³-hybridized carbons (Fsp3) is 0.250. The molecule has 2 heterocycles. The third-order valence-corrected chi connectivity index (χ3v) is 3.00. The van der Waals surface area contributed by atoms with Gasteiger partial charge in [-0.2, -0.15) is 0 Å². The van der Waals surface area contributed by atoms with Crippen molar-refractivity contribution in [3.8, 4) is 0 Å². The lowest BCUT2D eigenvalue weighted by Crippen LogP contribution is -2.20. The first-order chi connectivity index (χ1) is 8.24. The minimum atomic E-state index is 0.0488. The largest absolute Gasteiger partial charge is 0.469 e. The number of anilines is 1. The van der Waals surface area contributed by atoms with Crippen molar-refractivity contribution in [1.29, 1.82) is 0 Å². The van der Waals surface area contributed by atoms with Crippen LogP contribution >= 0.6 is 0 Å². The van der Waals surface area contributed by atoms with Gasteiger partial charge in [-0.05, 0) is 12.1 Å². The average Bonchev–Trinajstić information content (AvgIpc) is 2.81. The number of Topliss-reactive ketones (excluding diaryl/α,β-unsaturated/α-hetero) is 1. The first-order valence-corrected chi connectivity index (χ1v) is 5.42. The van der Waals surface area contributed by atoms with E-state index in [4.69, 9.17) is 10.2 Å². The molecule has 0 saturated carbocycles. The number of hydrogen-bond acceptors (Lipinski definition) is 5. The summed E-state index contributed by atoms with van der Waals surface area (Å²) in [6.45, 7) is 0. The molecular weight excluding hydrogens is 218 g/mol. The van der Waals surface area contributed by atoms with Gasteiger partial charge in [0.15, 0.2) is 5.78 Å². The van der Waals surface area contributed by atoms with Crippen LogP contribution in [0.2, 0.25) is 0 Å². The normalized spacial score (nSPS) is 19.1. The van der Waals surface area contributed by atoms with Crippen molar-refractivity contribution in [2.75, 3.05) is 5.73 Å². The molecule has 1 atom stereocenters. The fourth-order valence-electron chi connectivity index (χ4n) is 2.19. The highest BCUT2D eigenvalue weighted by Gasteiger charge is 2.29. The molecule has 3 rings (SSSR count). The van der Waals surface area contributed by atoms with Crippen molar-refractivity contribution in [3.05, 3.63) is 41.6 Å². The van der Waals surface area contributed by atoms with Crippen LogP contribution in [0.5, 0.6) is 0 Å². The summed E-state index contributed by atoms with van der Waals surface area (Å²) in [5.74, 6) is 1.13. The number of nitrogens with zero attached hydrogens (tertiary/aromatic N) is 2. The number of carbonyl (C=O) groups is 1. The standard InChI is InChI=1S/C12H11N3O2/c13-12-14-6-8-9(15-12)4-7(5-10(8)16)11-2-1-3-17-11/h1-3,6-7H,4-5H2,(H2,13,14,15)/t7-/m1/s1. The summed E-state index contributed by atoms with van der Waals surface area (Å²) in [7, 11) is 0. The van der Waals surface area contributed by atoms with E-state index in [1.807, 2.05) is 12.1 Å². The van der Waals surface area contributed by atoms with Gasteiger partial charge in [-0.15, -0.1) is 0 Å². The molecule has 2 aromatic heterocycles. The Morgan fingerprint density at radius 3 is 3.06 bits per heavy atom. The van der Waals surface area contributed by atoms with Crippen molar-refractivity contribution in [3.63, 3.8) is 0 Å². The zero-order chi connectivity index (χ0) is 11.8. The second kappa shape index (κ2) is 3.69. The Hall–Kier alpha value is -2.17. The van der Waals surface area contributed by atoms with Crippen molar-refractivity contribution >= 4 is 11.7 Å². The number of furan rings is 1. The molecule has 86 valence electrons. The first-order valence-electron chi connectivity index (χ1n) is 5.42. The third-order valence-electron chi connectivity index (χ3n) is 3.00. The van der Waals surface area contributed by atoms with Gasteiger partial charge in [0, 0.05) is 25.0 Å². The summed E-state index contributed by atoms with van der Waals surface area (Å²) in [5.41, 5.74) is 6.84. The van der Waals surface area contributed by atoms with Crippen LogP contribution in [0.25, 0.3) is 0 Å². The van der Waals surface area contributed by atoms with Gasteiger partial charge in [-0.3, -0.25) is 4.79 Å². The Morgan fingerprint density at radius 1 is 1.41 bits per heavy atom. The minimum absolute atomic E-state index is 0.0488. The van der Waals surface area contributed by atoms with Crippen LogP contribution in [0.3, 0.4) is 0 Å². The molecule has 2 aromatic rings. The van der Waals surface area contributed by atoms with Crippen molar-refractivity contribution in [2.45, 2.75) is 18.8 Å². The van der Waals surface area contributed by atoms with Gasteiger partial charge in [0.2, 0.25) is 5.95 Å². The van der Waals surface area contributed by atoms with E-state index in [1.165, 1.54) is 6.20 Å².